The van der Waals surface area contributed by atoms with Crippen LogP contribution in [0.5, 0.6) is 0 Å². The lowest BCUT2D eigenvalue weighted by atomic mass is 9.81. The average molecular weight is 231 g/mol. The van der Waals surface area contributed by atoms with Gasteiger partial charge in [0.1, 0.15) is 0 Å². The number of nitrogens with two attached hydrogens (primary N) is 1. The largest absolute Gasteiger partial charge is 0.369 e. The van der Waals surface area contributed by atoms with Crippen LogP contribution in [0.2, 0.25) is 0 Å². The zero-order chi connectivity index (χ0) is 11.7. The van der Waals surface area contributed by atoms with E-state index in [0.29, 0.717) is 5.92 Å². The highest BCUT2D eigenvalue weighted by Crippen LogP contribution is 2.43. The van der Waals surface area contributed by atoms with E-state index >= 15 is 0 Å². The summed E-state index contributed by atoms with van der Waals surface area (Å²) in [6.07, 6.45) is 4.30. The van der Waals surface area contributed by atoms with Gasteiger partial charge in [-0.15, -0.1) is 0 Å². The van der Waals surface area contributed by atoms with Gasteiger partial charge in [-0.3, -0.25) is 0 Å². The van der Waals surface area contributed by atoms with Crippen molar-refractivity contribution in [3.63, 3.8) is 0 Å². The molecule has 2 unspecified atom stereocenters. The Kier molecular flexibility index (Phi) is 4.13. The van der Waals surface area contributed by atoms with Gasteiger partial charge < -0.3 is 10.5 Å². The Balaban J connectivity index is 2.61. The van der Waals surface area contributed by atoms with E-state index in [2.05, 4.69) is 34.0 Å². The lowest BCUT2D eigenvalue weighted by Crippen LogP contribution is -2.41. The lowest BCUT2D eigenvalue weighted by Gasteiger charge is -2.30. The first-order valence-electron chi connectivity index (χ1n) is 5.73. The molecule has 2 N–H and O–H groups in total. The molecule has 0 saturated carbocycles. The second-order valence-electron chi connectivity index (χ2n) is 5.72. The third-order valence-electron chi connectivity index (χ3n) is 3.32. The molecular weight excluding hydrogens is 206 g/mol. The third kappa shape index (κ3) is 3.36. The molecule has 1 heterocycles. The molecule has 0 aromatic heterocycles. The first kappa shape index (κ1) is 13.3. The van der Waals surface area contributed by atoms with Crippen LogP contribution in [0.25, 0.3) is 0 Å². The quantitative estimate of drug-likeness (QED) is 0.808. The van der Waals surface area contributed by atoms with Crippen molar-refractivity contribution in [3.05, 3.63) is 0 Å². The molecule has 1 saturated heterocycles. The van der Waals surface area contributed by atoms with E-state index in [1.54, 1.807) is 0 Å². The Morgan fingerprint density at radius 3 is 2.40 bits per heavy atom. The van der Waals surface area contributed by atoms with Crippen molar-refractivity contribution in [1.29, 1.82) is 0 Å². The van der Waals surface area contributed by atoms with Gasteiger partial charge in [-0.25, -0.2) is 0 Å². The zero-order valence-electron chi connectivity index (χ0n) is 10.7. The normalized spacial score (nSPS) is 30.4. The predicted octanol–water partition coefficient (Wildman–Crippen LogP) is 2.66. The van der Waals surface area contributed by atoms with Crippen LogP contribution < -0.4 is 5.73 Å². The minimum Gasteiger partial charge on any atom is -0.369 e. The summed E-state index contributed by atoms with van der Waals surface area (Å²) in [6.45, 7) is 8.67. The Hall–Kier alpha value is 0.270. The molecule has 0 radical (unpaired) electrons. The van der Waals surface area contributed by atoms with Crippen LogP contribution >= 0.6 is 11.8 Å². The SMILES string of the molecule is CSCCC(N)C1CC(C)(C)OC1(C)C. The molecule has 0 aromatic carbocycles. The van der Waals surface area contributed by atoms with Gasteiger partial charge in [-0.2, -0.15) is 11.8 Å². The van der Waals surface area contributed by atoms with E-state index < -0.39 is 0 Å². The van der Waals surface area contributed by atoms with Gasteiger partial charge in [-0.05, 0) is 52.5 Å². The summed E-state index contributed by atoms with van der Waals surface area (Å²) < 4.78 is 6.06. The van der Waals surface area contributed by atoms with E-state index in [1.165, 1.54) is 0 Å². The Bertz CT molecular complexity index is 216. The van der Waals surface area contributed by atoms with Gasteiger partial charge in [0.15, 0.2) is 0 Å². The van der Waals surface area contributed by atoms with Crippen LogP contribution in [-0.4, -0.2) is 29.3 Å². The molecule has 0 amide bonds. The summed E-state index contributed by atoms with van der Waals surface area (Å²) in [4.78, 5) is 0. The minimum atomic E-state index is -0.0681. The van der Waals surface area contributed by atoms with Crippen LogP contribution in [-0.2, 0) is 4.74 Å². The molecule has 90 valence electrons. The first-order valence-corrected chi connectivity index (χ1v) is 7.12. The maximum absolute atomic E-state index is 6.27. The molecule has 2 nitrogen and oxygen atoms in total. The van der Waals surface area contributed by atoms with Gasteiger partial charge in [0.05, 0.1) is 11.2 Å². The van der Waals surface area contributed by atoms with Gasteiger partial charge >= 0.3 is 0 Å². The molecule has 1 rings (SSSR count). The summed E-state index contributed by atoms with van der Waals surface area (Å²) >= 11 is 1.87. The van der Waals surface area contributed by atoms with Gasteiger partial charge in [0.25, 0.3) is 0 Å². The number of hydrogen-bond acceptors (Lipinski definition) is 3. The number of thioether (sulfide) groups is 1. The van der Waals surface area contributed by atoms with Crippen LogP contribution in [0.1, 0.15) is 40.5 Å². The molecule has 1 aliphatic heterocycles. The van der Waals surface area contributed by atoms with Crippen LogP contribution in [0.3, 0.4) is 0 Å². The second-order valence-corrected chi connectivity index (χ2v) is 6.71. The highest BCUT2D eigenvalue weighted by molar-refractivity contribution is 7.98. The van der Waals surface area contributed by atoms with Gasteiger partial charge in [-0.1, -0.05) is 0 Å². The highest BCUT2D eigenvalue weighted by atomic mass is 32.2. The molecule has 0 spiro atoms. The Morgan fingerprint density at radius 2 is 2.00 bits per heavy atom. The smallest absolute Gasteiger partial charge is 0.0677 e. The molecule has 0 aromatic rings. The molecule has 3 heteroatoms. The van der Waals surface area contributed by atoms with Crippen molar-refractivity contribution in [1.82, 2.24) is 0 Å². The molecule has 0 aliphatic carbocycles. The van der Waals surface area contributed by atoms with Crippen molar-refractivity contribution >= 4 is 11.8 Å². The van der Waals surface area contributed by atoms with Crippen molar-refractivity contribution in [2.24, 2.45) is 11.7 Å². The summed E-state index contributed by atoms with van der Waals surface area (Å²) in [7, 11) is 0. The molecule has 1 fully saturated rings. The first-order chi connectivity index (χ1) is 6.78. The number of ether oxygens (including phenoxy) is 1. The lowest BCUT2D eigenvalue weighted by molar-refractivity contribution is -0.0766. The van der Waals surface area contributed by atoms with Gasteiger partial charge in [0, 0.05) is 12.0 Å². The van der Waals surface area contributed by atoms with Crippen LogP contribution in [0.15, 0.2) is 0 Å². The highest BCUT2D eigenvalue weighted by Gasteiger charge is 2.47. The van der Waals surface area contributed by atoms with Crippen molar-refractivity contribution < 1.29 is 4.74 Å². The van der Waals surface area contributed by atoms with E-state index in [9.17, 15) is 0 Å². The van der Waals surface area contributed by atoms with E-state index in [4.69, 9.17) is 10.5 Å². The molecule has 2 atom stereocenters. The number of rotatable bonds is 4. The second kappa shape index (κ2) is 4.64. The van der Waals surface area contributed by atoms with Crippen LogP contribution in [0.4, 0.5) is 0 Å². The third-order valence-corrected chi connectivity index (χ3v) is 3.96. The van der Waals surface area contributed by atoms with Crippen molar-refractivity contribution in [2.75, 3.05) is 12.0 Å². The molecule has 0 bridgehead atoms. The summed E-state index contributed by atoms with van der Waals surface area (Å²) in [5, 5.41) is 0. The number of hydrogen-bond donors (Lipinski definition) is 1. The van der Waals surface area contributed by atoms with E-state index in [0.717, 1.165) is 18.6 Å². The fraction of sp³-hybridized carbons (Fsp3) is 1.00. The van der Waals surface area contributed by atoms with E-state index in [-0.39, 0.29) is 17.2 Å². The van der Waals surface area contributed by atoms with E-state index in [1.807, 2.05) is 11.8 Å². The molecule has 1 aliphatic rings. The van der Waals surface area contributed by atoms with Crippen molar-refractivity contribution in [3.8, 4) is 0 Å². The van der Waals surface area contributed by atoms with Gasteiger partial charge in [0.2, 0.25) is 0 Å². The fourth-order valence-electron chi connectivity index (χ4n) is 2.73. The summed E-state index contributed by atoms with van der Waals surface area (Å²) in [5.41, 5.74) is 6.19. The minimum absolute atomic E-state index is 0.00879. The average Bonchev–Trinajstić information content (AvgIpc) is 2.30. The van der Waals surface area contributed by atoms with Crippen LogP contribution in [0, 0.1) is 5.92 Å². The zero-order valence-corrected chi connectivity index (χ0v) is 11.5. The summed E-state index contributed by atoms with van der Waals surface area (Å²) in [5.74, 6) is 1.63. The maximum Gasteiger partial charge on any atom is 0.0677 e. The Labute approximate surface area is 98.3 Å². The van der Waals surface area contributed by atoms with Crippen molar-refractivity contribution in [2.45, 2.75) is 57.8 Å². The molecular formula is C12H25NOS. The monoisotopic (exact) mass is 231 g/mol. The topological polar surface area (TPSA) is 35.2 Å². The standard InChI is InChI=1S/C12H25NOS/c1-11(2)8-9(12(3,4)14-11)10(13)6-7-15-5/h9-10H,6-8,13H2,1-5H3. The predicted molar refractivity (Wildman–Crippen MR) is 68.3 cm³/mol. The summed E-state index contributed by atoms with van der Waals surface area (Å²) in [6, 6.07) is 0.272. The fourth-order valence-corrected chi connectivity index (χ4v) is 3.23. The molecule has 15 heavy (non-hydrogen) atoms. The Morgan fingerprint density at radius 1 is 1.40 bits per heavy atom. The maximum atomic E-state index is 6.27.